The summed E-state index contributed by atoms with van der Waals surface area (Å²) in [5.41, 5.74) is 2.67. The van der Waals surface area contributed by atoms with Crippen LogP contribution >= 0.6 is 0 Å². The van der Waals surface area contributed by atoms with Crippen LogP contribution in [0.3, 0.4) is 0 Å². The number of carbonyl (C=O) groups is 2. The normalized spacial score (nSPS) is 17.2. The van der Waals surface area contributed by atoms with Gasteiger partial charge in [-0.15, -0.1) is 0 Å². The summed E-state index contributed by atoms with van der Waals surface area (Å²) < 4.78 is 5.83. The van der Waals surface area contributed by atoms with Crippen molar-refractivity contribution in [1.82, 2.24) is 0 Å². The van der Waals surface area contributed by atoms with Crippen LogP contribution in [-0.2, 0) is 16.6 Å². The van der Waals surface area contributed by atoms with Crippen molar-refractivity contribution < 1.29 is 14.3 Å². The van der Waals surface area contributed by atoms with Crippen molar-refractivity contribution in [3.05, 3.63) is 64.7 Å². The summed E-state index contributed by atoms with van der Waals surface area (Å²) in [6, 6.07) is 13.9. The number of ether oxygens (including phenoxy) is 1. The molecule has 0 saturated carbocycles. The minimum atomic E-state index is -0.914. The summed E-state index contributed by atoms with van der Waals surface area (Å²) in [6.45, 7) is 10.6. The molecule has 190 valence electrons. The Morgan fingerprint density at radius 1 is 0.829 bits per heavy atom. The molecule has 0 fully saturated rings. The Labute approximate surface area is 212 Å². The average Bonchev–Trinajstić information content (AvgIpc) is 3.10. The van der Waals surface area contributed by atoms with Crippen LogP contribution in [0, 0.1) is 11.8 Å². The van der Waals surface area contributed by atoms with Gasteiger partial charge in [-0.25, -0.2) is 0 Å². The molecular formula is C32H44O3. The van der Waals surface area contributed by atoms with Crippen molar-refractivity contribution in [2.75, 3.05) is 0 Å². The molecule has 0 spiro atoms. The van der Waals surface area contributed by atoms with Crippen LogP contribution in [0.2, 0.25) is 0 Å². The number of carbonyl (C=O) groups excluding carboxylic acids is 2. The van der Waals surface area contributed by atoms with E-state index in [1.54, 1.807) is 6.92 Å². The first-order valence-corrected chi connectivity index (χ1v) is 13.7. The van der Waals surface area contributed by atoms with Crippen LogP contribution in [0.5, 0.6) is 5.75 Å². The van der Waals surface area contributed by atoms with Crippen LogP contribution < -0.4 is 4.74 Å². The van der Waals surface area contributed by atoms with E-state index in [9.17, 15) is 9.59 Å². The van der Waals surface area contributed by atoms with Gasteiger partial charge in [0.15, 0.2) is 5.78 Å². The van der Waals surface area contributed by atoms with Crippen molar-refractivity contribution >= 4 is 11.8 Å². The number of para-hydroxylation sites is 1. The number of Topliss-reactive ketones (excluding diaryl/α,β-unsaturated/α-hetero) is 1. The SMILES string of the molecule is CC(=O)c1ccc(CCCCCC(C)C)cc1C1(CCCCCC(C)C)C(=O)Oc2ccccc21. The van der Waals surface area contributed by atoms with Gasteiger partial charge in [0, 0.05) is 11.1 Å². The van der Waals surface area contributed by atoms with Gasteiger partial charge in [-0.2, -0.15) is 0 Å². The van der Waals surface area contributed by atoms with Crippen molar-refractivity contribution in [2.45, 2.75) is 104 Å². The quantitative estimate of drug-likeness (QED) is 0.119. The van der Waals surface area contributed by atoms with E-state index in [2.05, 4.69) is 39.8 Å². The number of aryl methyl sites for hydroxylation is 1. The number of hydrogen-bond acceptors (Lipinski definition) is 3. The standard InChI is InChI=1S/C32H44O3/c1-23(2)14-8-6-10-16-26-19-20-27(25(5)33)29(22-26)32(21-13-7-9-15-24(3)4)28-17-11-12-18-30(28)35-31(32)34/h11-12,17-20,22-24H,6-10,13-16,21H2,1-5H3. The smallest absolute Gasteiger partial charge is 0.326 e. The molecule has 1 unspecified atom stereocenters. The number of esters is 1. The third-order valence-corrected chi connectivity index (χ3v) is 7.40. The molecule has 0 amide bonds. The molecule has 0 radical (unpaired) electrons. The van der Waals surface area contributed by atoms with E-state index in [0.29, 0.717) is 23.7 Å². The van der Waals surface area contributed by atoms with Crippen LogP contribution in [0.1, 0.15) is 119 Å². The molecule has 3 heteroatoms. The first-order chi connectivity index (χ1) is 16.8. The zero-order valence-electron chi connectivity index (χ0n) is 22.5. The lowest BCUT2D eigenvalue weighted by molar-refractivity contribution is -0.137. The number of unbranched alkanes of at least 4 members (excludes halogenated alkanes) is 4. The fourth-order valence-corrected chi connectivity index (χ4v) is 5.42. The Kier molecular flexibility index (Phi) is 9.71. The van der Waals surface area contributed by atoms with E-state index in [-0.39, 0.29) is 11.8 Å². The molecule has 0 aromatic heterocycles. The minimum absolute atomic E-state index is 0.000141. The van der Waals surface area contributed by atoms with Gasteiger partial charge in [0.25, 0.3) is 0 Å². The van der Waals surface area contributed by atoms with Crippen LogP contribution in [0.4, 0.5) is 0 Å². The maximum atomic E-state index is 13.6. The molecule has 1 atom stereocenters. The first-order valence-electron chi connectivity index (χ1n) is 13.7. The molecule has 0 N–H and O–H groups in total. The van der Waals surface area contributed by atoms with Gasteiger partial charge in [0.2, 0.25) is 0 Å². The fraction of sp³-hybridized carbons (Fsp3) is 0.562. The summed E-state index contributed by atoms with van der Waals surface area (Å²) in [7, 11) is 0. The van der Waals surface area contributed by atoms with Gasteiger partial charge in [-0.1, -0.05) is 109 Å². The van der Waals surface area contributed by atoms with Crippen LogP contribution in [0.25, 0.3) is 0 Å². The second kappa shape index (κ2) is 12.5. The fourth-order valence-electron chi connectivity index (χ4n) is 5.42. The Hall–Kier alpha value is -2.42. The van der Waals surface area contributed by atoms with Crippen molar-refractivity contribution in [1.29, 1.82) is 0 Å². The van der Waals surface area contributed by atoms with E-state index in [4.69, 9.17) is 4.74 Å². The predicted octanol–water partition coefficient (Wildman–Crippen LogP) is 8.46. The highest BCUT2D eigenvalue weighted by molar-refractivity contribution is 6.01. The number of ketones is 1. The number of fused-ring (bicyclic) bond motifs is 1. The molecule has 0 saturated heterocycles. The van der Waals surface area contributed by atoms with Crippen molar-refractivity contribution in [3.8, 4) is 5.75 Å². The lowest BCUT2D eigenvalue weighted by atomic mass is 9.69. The maximum absolute atomic E-state index is 13.6. The third-order valence-electron chi connectivity index (χ3n) is 7.40. The highest BCUT2D eigenvalue weighted by atomic mass is 16.5. The van der Waals surface area contributed by atoms with Gasteiger partial charge in [-0.3, -0.25) is 9.59 Å². The third kappa shape index (κ3) is 6.63. The van der Waals surface area contributed by atoms with E-state index in [1.807, 2.05) is 30.3 Å². The minimum Gasteiger partial charge on any atom is -0.425 e. The van der Waals surface area contributed by atoms with Crippen molar-refractivity contribution in [3.63, 3.8) is 0 Å². The highest BCUT2D eigenvalue weighted by Crippen LogP contribution is 2.49. The molecule has 2 aromatic rings. The average molecular weight is 477 g/mol. The monoisotopic (exact) mass is 476 g/mol. The lowest BCUT2D eigenvalue weighted by Crippen LogP contribution is -2.36. The Balaban J connectivity index is 1.94. The molecule has 1 aliphatic rings. The molecule has 0 aliphatic carbocycles. The summed E-state index contributed by atoms with van der Waals surface area (Å²) >= 11 is 0. The Morgan fingerprint density at radius 2 is 1.49 bits per heavy atom. The van der Waals surface area contributed by atoms with E-state index in [1.165, 1.54) is 31.2 Å². The van der Waals surface area contributed by atoms with E-state index in [0.717, 1.165) is 49.1 Å². The molecular weight excluding hydrogens is 432 g/mol. The molecule has 35 heavy (non-hydrogen) atoms. The second-order valence-electron chi connectivity index (χ2n) is 11.2. The molecule has 2 aromatic carbocycles. The van der Waals surface area contributed by atoms with E-state index >= 15 is 0 Å². The van der Waals surface area contributed by atoms with Crippen LogP contribution in [0.15, 0.2) is 42.5 Å². The second-order valence-corrected chi connectivity index (χ2v) is 11.2. The summed E-state index contributed by atoms with van der Waals surface area (Å²) in [5.74, 6) is 1.82. The zero-order chi connectivity index (χ0) is 25.4. The molecule has 3 nitrogen and oxygen atoms in total. The summed E-state index contributed by atoms with van der Waals surface area (Å²) in [4.78, 5) is 26.4. The number of hydrogen-bond donors (Lipinski definition) is 0. The predicted molar refractivity (Wildman–Crippen MR) is 144 cm³/mol. The molecule has 0 bridgehead atoms. The number of benzene rings is 2. The van der Waals surface area contributed by atoms with E-state index < -0.39 is 5.41 Å². The summed E-state index contributed by atoms with van der Waals surface area (Å²) in [5, 5.41) is 0. The summed E-state index contributed by atoms with van der Waals surface area (Å²) in [6.07, 6.45) is 10.8. The topological polar surface area (TPSA) is 43.4 Å². The van der Waals surface area contributed by atoms with Gasteiger partial charge in [0.1, 0.15) is 11.2 Å². The Bertz CT molecular complexity index is 1000. The first kappa shape index (κ1) is 27.2. The molecule has 1 heterocycles. The molecule has 3 rings (SSSR count). The van der Waals surface area contributed by atoms with Gasteiger partial charge in [0.05, 0.1) is 0 Å². The largest absolute Gasteiger partial charge is 0.425 e. The Morgan fingerprint density at radius 3 is 2.14 bits per heavy atom. The van der Waals surface area contributed by atoms with Gasteiger partial charge >= 0.3 is 5.97 Å². The maximum Gasteiger partial charge on any atom is 0.326 e. The zero-order valence-corrected chi connectivity index (χ0v) is 22.5. The van der Waals surface area contributed by atoms with Gasteiger partial charge < -0.3 is 4.74 Å². The number of rotatable bonds is 14. The lowest BCUT2D eigenvalue weighted by Gasteiger charge is -2.29. The molecule has 1 aliphatic heterocycles. The van der Waals surface area contributed by atoms with Crippen molar-refractivity contribution in [2.24, 2.45) is 11.8 Å². The highest BCUT2D eigenvalue weighted by Gasteiger charge is 2.51. The van der Waals surface area contributed by atoms with Gasteiger partial charge in [-0.05, 0) is 55.2 Å². The van der Waals surface area contributed by atoms with Crippen LogP contribution in [-0.4, -0.2) is 11.8 Å².